The molecule has 0 amide bonds. The second kappa shape index (κ2) is 8.50. The summed E-state index contributed by atoms with van der Waals surface area (Å²) in [5.74, 6) is 0.653. The summed E-state index contributed by atoms with van der Waals surface area (Å²) in [6, 6.07) is 7.00. The van der Waals surface area contributed by atoms with E-state index in [0.717, 1.165) is 4.22 Å². The van der Waals surface area contributed by atoms with Crippen LogP contribution in [0.25, 0.3) is 0 Å². The van der Waals surface area contributed by atoms with Gasteiger partial charge in [0.2, 0.25) is 0 Å². The number of nitrogens with zero attached hydrogens (tertiary/aromatic N) is 2. The Balaban J connectivity index is 0.00000156. The Morgan fingerprint density at radius 2 is 1.84 bits per heavy atom. The van der Waals surface area contributed by atoms with Crippen molar-refractivity contribution in [1.29, 1.82) is 0 Å². The summed E-state index contributed by atoms with van der Waals surface area (Å²) in [6.07, 6.45) is 3.96. The van der Waals surface area contributed by atoms with Crippen molar-refractivity contribution in [3.63, 3.8) is 0 Å². The van der Waals surface area contributed by atoms with E-state index in [1.54, 1.807) is 11.3 Å². The number of halogens is 2. The second-order valence-corrected chi connectivity index (χ2v) is 14.2. The molecular weight excluding hydrogens is 403 g/mol. The molecule has 6 heteroatoms. The maximum atomic E-state index is 2.91. The maximum absolute atomic E-state index is 2.91. The summed E-state index contributed by atoms with van der Waals surface area (Å²) in [6.45, 7) is 14.4. The number of hydrogen-bond donors (Lipinski definition) is 0. The minimum Gasteiger partial charge on any atom is -1.00 e. The van der Waals surface area contributed by atoms with Crippen LogP contribution in [0.1, 0.15) is 44.2 Å². The van der Waals surface area contributed by atoms with Crippen molar-refractivity contribution < 1.29 is 44.2 Å². The standard InChI is InChI=1S/C13H14N.C6H16NSi.2ClH.Ti/c1-9-6-7-11-10-4-3-5-12(10)14(2)13(11)8-9;1-6(2,3)7-8(4)5;;;/h3,5-8,10H,4H2,1-2H3;8H,1-5H3;2*1H;/q;-1;;;+3/p-2. The first kappa shape index (κ1) is 23.3. The van der Waals surface area contributed by atoms with Crippen LogP contribution >= 0.6 is 0 Å². The van der Waals surface area contributed by atoms with Gasteiger partial charge in [-0.2, -0.15) is 0 Å². The van der Waals surface area contributed by atoms with E-state index in [9.17, 15) is 0 Å². The number of hydrogen-bond acceptors (Lipinski definition) is 2. The minimum atomic E-state index is -0.742. The van der Waals surface area contributed by atoms with Crippen LogP contribution < -0.4 is 29.7 Å². The van der Waals surface area contributed by atoms with Gasteiger partial charge in [0.15, 0.2) is 0 Å². The molecule has 2 nitrogen and oxygen atoms in total. The van der Waals surface area contributed by atoms with Gasteiger partial charge in [0.25, 0.3) is 0 Å². The smallest absolute Gasteiger partial charge is 1.00 e. The van der Waals surface area contributed by atoms with Crippen molar-refractivity contribution in [1.82, 2.24) is 3.05 Å². The molecule has 1 aromatic rings. The molecule has 0 saturated heterocycles. The van der Waals surface area contributed by atoms with Gasteiger partial charge in [-0.15, -0.1) is 0 Å². The zero-order chi connectivity index (χ0) is 16.9. The third-order valence-electron chi connectivity index (χ3n) is 5.07. The monoisotopic (exact) mass is 432 g/mol. The molecule has 2 unspecified atom stereocenters. The molecule has 1 aromatic carbocycles. The molecule has 1 aliphatic heterocycles. The van der Waals surface area contributed by atoms with Gasteiger partial charge in [-0.25, -0.2) is 0 Å². The Bertz CT molecular complexity index is 643. The van der Waals surface area contributed by atoms with E-state index < -0.39 is 8.96 Å². The average Bonchev–Trinajstić information content (AvgIpc) is 2.95. The molecule has 0 saturated carbocycles. The predicted octanol–water partition coefficient (Wildman–Crippen LogP) is -1.31. The summed E-state index contributed by atoms with van der Waals surface area (Å²) in [5, 5.41) is 0. The van der Waals surface area contributed by atoms with Gasteiger partial charge >= 0.3 is 153 Å². The van der Waals surface area contributed by atoms with Crippen LogP contribution in [0.2, 0.25) is 17.3 Å². The number of anilines is 1. The van der Waals surface area contributed by atoms with Gasteiger partial charge in [-0.1, -0.05) is 0 Å². The van der Waals surface area contributed by atoms with Crippen LogP contribution in [0.4, 0.5) is 5.69 Å². The first-order valence-electron chi connectivity index (χ1n) is 8.80. The third kappa shape index (κ3) is 4.56. The summed E-state index contributed by atoms with van der Waals surface area (Å²) < 4.78 is 3.73. The average molecular weight is 433 g/mol. The Labute approximate surface area is 177 Å². The molecule has 0 N–H and O–H groups in total. The molecule has 0 aromatic heterocycles. The Morgan fingerprint density at radius 1 is 1.20 bits per heavy atom. The molecule has 0 bridgehead atoms. The largest absolute Gasteiger partial charge is 1.00 e. The predicted molar refractivity (Wildman–Crippen MR) is 99.2 cm³/mol. The fourth-order valence-corrected chi connectivity index (χ4v) is 10.3. The van der Waals surface area contributed by atoms with Crippen molar-refractivity contribution in [3.05, 3.63) is 41.1 Å². The Morgan fingerprint density at radius 3 is 2.40 bits per heavy atom. The number of likely N-dealkylation sites (N-methyl/N-ethyl adjacent to an activating group) is 1. The van der Waals surface area contributed by atoms with Crippen LogP contribution in [0.3, 0.4) is 0 Å². The quantitative estimate of drug-likeness (QED) is 0.547. The molecule has 3 rings (SSSR count). The summed E-state index contributed by atoms with van der Waals surface area (Å²) in [5.41, 5.74) is 6.27. The number of benzene rings is 1. The van der Waals surface area contributed by atoms with Crippen molar-refractivity contribution in [2.75, 3.05) is 11.9 Å². The first-order valence-corrected chi connectivity index (χ1v) is 13.2. The van der Waals surface area contributed by atoms with Crippen LogP contribution in [-0.4, -0.2) is 24.6 Å². The summed E-state index contributed by atoms with van der Waals surface area (Å²) >= 11 is -0.0824. The topological polar surface area (TPSA) is 6.48 Å². The molecule has 0 fully saturated rings. The van der Waals surface area contributed by atoms with E-state index in [1.165, 1.54) is 17.7 Å². The van der Waals surface area contributed by atoms with E-state index in [-0.39, 0.29) is 44.2 Å². The van der Waals surface area contributed by atoms with Crippen LogP contribution in [0.15, 0.2) is 30.0 Å². The van der Waals surface area contributed by atoms with Crippen molar-refractivity contribution in [3.8, 4) is 0 Å². The van der Waals surface area contributed by atoms with E-state index in [4.69, 9.17) is 0 Å². The molecule has 2 atom stereocenters. The normalized spacial score (nSPS) is 21.3. The van der Waals surface area contributed by atoms with Crippen LogP contribution in [-0.2, 0) is 19.4 Å². The molecule has 0 spiro atoms. The van der Waals surface area contributed by atoms with E-state index in [0.29, 0.717) is 11.5 Å². The molecular formula is C19H30Cl2N2SiTi. The van der Waals surface area contributed by atoms with Gasteiger partial charge in [-0.3, -0.25) is 0 Å². The van der Waals surface area contributed by atoms with Gasteiger partial charge in [0.05, 0.1) is 0 Å². The zero-order valence-corrected chi connectivity index (χ0v) is 20.6. The maximum Gasteiger partial charge on any atom is -1.00 e. The molecule has 138 valence electrons. The number of rotatable bonds is 3. The minimum absolute atomic E-state index is 0. The Kier molecular flexibility index (Phi) is 7.91. The molecule has 2 aliphatic rings. The van der Waals surface area contributed by atoms with E-state index in [1.807, 2.05) is 0 Å². The number of allylic oxidation sites excluding steroid dienone is 2. The third-order valence-corrected chi connectivity index (χ3v) is 12.5. The van der Waals surface area contributed by atoms with E-state index >= 15 is 0 Å². The van der Waals surface area contributed by atoms with Gasteiger partial charge in [-0.05, 0) is 0 Å². The number of fused-ring (bicyclic) bond motifs is 3. The van der Waals surface area contributed by atoms with Gasteiger partial charge in [0.1, 0.15) is 0 Å². The van der Waals surface area contributed by atoms with Crippen molar-refractivity contribution in [2.24, 2.45) is 0 Å². The fraction of sp³-hybridized carbons (Fsp3) is 0.579. The van der Waals surface area contributed by atoms with E-state index in [2.05, 4.69) is 80.1 Å². The zero-order valence-electron chi connectivity index (χ0n) is 16.4. The Hall–Kier alpha value is 0.231. The molecule has 1 aliphatic carbocycles. The van der Waals surface area contributed by atoms with Crippen LogP contribution in [0, 0.1) is 6.92 Å². The SMILES string of the molecule is Cc1ccc2c(c1)N(C)C1=C[CH]([Ti+2][N]([SiH](C)C)C(C)(C)C)CC12.[Cl-].[Cl-]. The summed E-state index contributed by atoms with van der Waals surface area (Å²) in [4.78, 5) is 2.45. The van der Waals surface area contributed by atoms with Gasteiger partial charge in [0, 0.05) is 0 Å². The van der Waals surface area contributed by atoms with Crippen LogP contribution in [0.5, 0.6) is 0 Å². The molecule has 0 radical (unpaired) electrons. The van der Waals surface area contributed by atoms with Gasteiger partial charge < -0.3 is 24.8 Å². The second-order valence-electron chi connectivity index (χ2n) is 8.37. The summed E-state index contributed by atoms with van der Waals surface area (Å²) in [7, 11) is 1.51. The fourth-order valence-electron chi connectivity index (χ4n) is 4.16. The van der Waals surface area contributed by atoms with Crippen molar-refractivity contribution in [2.45, 2.75) is 62.9 Å². The molecule has 1 heterocycles. The molecule has 25 heavy (non-hydrogen) atoms. The number of aryl methyl sites for hydroxylation is 1. The van der Waals surface area contributed by atoms with Crippen molar-refractivity contribution >= 4 is 14.6 Å². The first-order chi connectivity index (χ1) is 10.7.